The molecule has 0 aliphatic heterocycles. The summed E-state index contributed by atoms with van der Waals surface area (Å²) in [6, 6.07) is 11.8. The second-order valence-electron chi connectivity index (χ2n) is 8.34. The van der Waals surface area contributed by atoms with E-state index in [9.17, 15) is 4.79 Å². The number of aliphatic imine (C=N–C) groups is 3. The molecule has 3 rings (SSSR count). The second kappa shape index (κ2) is 12.0. The number of hydrogen-bond acceptors (Lipinski definition) is 4. The Morgan fingerprint density at radius 1 is 0.743 bits per heavy atom. The van der Waals surface area contributed by atoms with E-state index in [1.165, 1.54) is 0 Å². The molecule has 1 aliphatic carbocycles. The minimum atomic E-state index is -0.00248. The summed E-state index contributed by atoms with van der Waals surface area (Å²) < 4.78 is 0.417. The maximum atomic E-state index is 13.5. The minimum absolute atomic E-state index is 0. The fraction of sp³-hybridized carbons (Fsp3) is 0.304. The van der Waals surface area contributed by atoms with Gasteiger partial charge in [0.1, 0.15) is 6.54 Å². The molecule has 12 heteroatoms. The number of hydrogen-bond donors (Lipinski definition) is 6. The molecule has 0 unspecified atom stereocenters. The van der Waals surface area contributed by atoms with Gasteiger partial charge in [-0.1, -0.05) is 36.4 Å². The van der Waals surface area contributed by atoms with E-state index in [2.05, 4.69) is 15.0 Å². The summed E-state index contributed by atoms with van der Waals surface area (Å²) in [6.45, 7) is 3.11. The predicted molar refractivity (Wildman–Crippen MR) is 145 cm³/mol. The number of carbonyl (C=O) groups excluding carboxylic acids is 1. The van der Waals surface area contributed by atoms with Crippen molar-refractivity contribution in [1.82, 2.24) is 0 Å². The zero-order valence-electron chi connectivity index (χ0n) is 19.6. The molecule has 2 aromatic carbocycles. The van der Waals surface area contributed by atoms with Crippen LogP contribution < -0.4 is 34.4 Å². The summed E-state index contributed by atoms with van der Waals surface area (Å²) in [5, 5.41) is 2.01. The van der Waals surface area contributed by atoms with Crippen LogP contribution in [-0.2, 0) is 0 Å². The summed E-state index contributed by atoms with van der Waals surface area (Å²) >= 11 is 0. The Morgan fingerprint density at radius 3 is 1.71 bits per heavy atom. The highest BCUT2D eigenvalue weighted by Gasteiger charge is 2.33. The van der Waals surface area contributed by atoms with Crippen LogP contribution in [0.15, 0.2) is 56.9 Å². The van der Waals surface area contributed by atoms with E-state index in [1.54, 1.807) is 0 Å². The summed E-state index contributed by atoms with van der Waals surface area (Å²) in [6.07, 6.45) is 1.96. The highest BCUT2D eigenvalue weighted by Crippen LogP contribution is 2.32. The molecule has 188 valence electrons. The number of guanidine groups is 3. The Morgan fingerprint density at radius 2 is 1.23 bits per heavy atom. The van der Waals surface area contributed by atoms with Gasteiger partial charge < -0.3 is 38.9 Å². The van der Waals surface area contributed by atoms with Crippen molar-refractivity contribution >= 4 is 52.9 Å². The first kappa shape index (κ1) is 27.4. The van der Waals surface area contributed by atoms with Crippen molar-refractivity contribution in [3.05, 3.63) is 53.1 Å². The van der Waals surface area contributed by atoms with Gasteiger partial charge in [-0.2, -0.15) is 0 Å². The standard InChI is InChI=1S/C23H33N10O.ClH/c24-21(25)30-7-10-33(11-8-31-22(26)27,12-9-32-23(28)29)14-17-13-16-5-1-3-15-4-2-6-18(19(15)16)20(17)34;/h1-6,13H,7-12,14H2,(H4,24,25,30)(H4,26,27,31)(H4,28,29,32);1H/q+1;. The van der Waals surface area contributed by atoms with Crippen molar-refractivity contribution in [2.24, 2.45) is 49.4 Å². The lowest BCUT2D eigenvalue weighted by Crippen LogP contribution is -2.55. The fourth-order valence-electron chi connectivity index (χ4n) is 4.33. The largest absolute Gasteiger partial charge is 0.370 e. The quantitative estimate of drug-likeness (QED) is 0.134. The lowest BCUT2D eigenvalue weighted by molar-refractivity contribution is -0.919. The Kier molecular flexibility index (Phi) is 9.43. The number of benzene rings is 2. The van der Waals surface area contributed by atoms with Gasteiger partial charge in [-0.25, -0.2) is 15.0 Å². The van der Waals surface area contributed by atoms with E-state index >= 15 is 0 Å². The molecule has 35 heavy (non-hydrogen) atoms. The fourth-order valence-corrected chi connectivity index (χ4v) is 4.33. The molecule has 2 aromatic rings. The SMILES string of the molecule is Cl.NC(N)=NCC[N+](CCN=C(N)N)(CCN=C(N)N)CC1=Cc2cccc3cccc(c23)C1=O. The molecule has 0 fully saturated rings. The van der Waals surface area contributed by atoms with E-state index in [4.69, 9.17) is 34.4 Å². The molecule has 1 aliphatic rings. The second-order valence-corrected chi connectivity index (χ2v) is 8.34. The lowest BCUT2D eigenvalue weighted by Gasteiger charge is -2.38. The van der Waals surface area contributed by atoms with Crippen molar-refractivity contribution in [2.45, 2.75) is 0 Å². The number of rotatable bonds is 11. The first-order valence-electron chi connectivity index (χ1n) is 11.0. The van der Waals surface area contributed by atoms with Crippen molar-refractivity contribution in [2.75, 3.05) is 45.8 Å². The maximum absolute atomic E-state index is 13.5. The third kappa shape index (κ3) is 7.08. The maximum Gasteiger partial charge on any atom is 0.195 e. The molecule has 0 bridgehead atoms. The first-order valence-corrected chi connectivity index (χ1v) is 11.0. The van der Waals surface area contributed by atoms with Crippen molar-refractivity contribution < 1.29 is 9.28 Å². The number of ketones is 1. The number of carbonyl (C=O) groups is 1. The summed E-state index contributed by atoms with van der Waals surface area (Å²) in [5.41, 5.74) is 35.7. The van der Waals surface area contributed by atoms with Crippen LogP contribution in [0.2, 0.25) is 0 Å². The third-order valence-electron chi connectivity index (χ3n) is 5.91. The smallest absolute Gasteiger partial charge is 0.195 e. The van der Waals surface area contributed by atoms with E-state index in [0.29, 0.717) is 61.4 Å². The van der Waals surface area contributed by atoms with Crippen LogP contribution in [-0.4, -0.2) is 74.0 Å². The normalized spacial score (nSPS) is 12.3. The first-order chi connectivity index (χ1) is 16.2. The number of Topliss-reactive ketones (excluding diaryl/α,β-unsaturated/α-hetero) is 1. The molecule has 0 atom stereocenters. The average molecular weight is 502 g/mol. The Hall–Kier alpha value is -3.83. The third-order valence-corrected chi connectivity index (χ3v) is 5.91. The predicted octanol–water partition coefficient (Wildman–Crippen LogP) is -0.522. The molecular formula is C23H34ClN10O+. The van der Waals surface area contributed by atoms with Gasteiger partial charge in [-0.05, 0) is 17.0 Å². The van der Waals surface area contributed by atoms with Crippen LogP contribution >= 0.6 is 12.4 Å². The molecular weight excluding hydrogens is 468 g/mol. The minimum Gasteiger partial charge on any atom is -0.370 e. The molecule has 0 spiro atoms. The van der Waals surface area contributed by atoms with Crippen LogP contribution in [0.3, 0.4) is 0 Å². The number of nitrogens with zero attached hydrogens (tertiary/aromatic N) is 4. The topological polar surface area (TPSA) is 210 Å². The van der Waals surface area contributed by atoms with Gasteiger partial charge in [0.05, 0.1) is 44.8 Å². The van der Waals surface area contributed by atoms with Crippen molar-refractivity contribution in [1.29, 1.82) is 0 Å². The lowest BCUT2D eigenvalue weighted by atomic mass is 9.87. The van der Waals surface area contributed by atoms with Gasteiger partial charge >= 0.3 is 0 Å². The molecule has 0 radical (unpaired) electrons. The Labute approximate surface area is 210 Å². The highest BCUT2D eigenvalue weighted by molar-refractivity contribution is 6.22. The summed E-state index contributed by atoms with van der Waals surface area (Å²) in [7, 11) is 0. The van der Waals surface area contributed by atoms with Gasteiger partial charge in [-0.15, -0.1) is 12.4 Å². The van der Waals surface area contributed by atoms with E-state index in [1.807, 2.05) is 42.5 Å². The zero-order valence-corrected chi connectivity index (χ0v) is 20.4. The molecule has 11 nitrogen and oxygen atoms in total. The van der Waals surface area contributed by atoms with Crippen LogP contribution in [0.5, 0.6) is 0 Å². The van der Waals surface area contributed by atoms with Crippen LogP contribution in [0.4, 0.5) is 0 Å². The Bertz CT molecular complexity index is 1120. The van der Waals surface area contributed by atoms with Crippen LogP contribution in [0, 0.1) is 0 Å². The monoisotopic (exact) mass is 501 g/mol. The van der Waals surface area contributed by atoms with E-state index < -0.39 is 0 Å². The van der Waals surface area contributed by atoms with Crippen molar-refractivity contribution in [3.8, 4) is 0 Å². The highest BCUT2D eigenvalue weighted by atomic mass is 35.5. The summed E-state index contributed by atoms with van der Waals surface area (Å²) in [4.78, 5) is 26.0. The number of nitrogens with two attached hydrogens (primary N) is 6. The zero-order chi connectivity index (χ0) is 24.7. The van der Waals surface area contributed by atoms with Crippen LogP contribution in [0.25, 0.3) is 16.8 Å². The van der Waals surface area contributed by atoms with E-state index in [-0.39, 0.29) is 36.1 Å². The molecule has 0 aromatic heterocycles. The van der Waals surface area contributed by atoms with Crippen LogP contribution in [0.1, 0.15) is 15.9 Å². The molecule has 0 saturated heterocycles. The van der Waals surface area contributed by atoms with Gasteiger partial charge in [0, 0.05) is 10.9 Å². The van der Waals surface area contributed by atoms with Gasteiger partial charge in [0.25, 0.3) is 0 Å². The van der Waals surface area contributed by atoms with Gasteiger partial charge in [0.15, 0.2) is 23.7 Å². The van der Waals surface area contributed by atoms with Crippen molar-refractivity contribution in [3.63, 3.8) is 0 Å². The Balaban J connectivity index is 0.00000432. The molecule has 0 heterocycles. The number of halogens is 1. The van der Waals surface area contributed by atoms with Gasteiger partial charge in [0.2, 0.25) is 0 Å². The van der Waals surface area contributed by atoms with E-state index in [0.717, 1.165) is 16.3 Å². The summed E-state index contributed by atoms with van der Waals surface area (Å²) in [5.74, 6) is -0.00217. The molecule has 0 amide bonds. The van der Waals surface area contributed by atoms with Gasteiger partial charge in [-0.3, -0.25) is 4.79 Å². The molecule has 0 saturated carbocycles. The number of quaternary nitrogens is 1. The average Bonchev–Trinajstić information content (AvgIpc) is 2.76. The molecule has 12 N–H and O–H groups in total.